The Morgan fingerprint density at radius 3 is 2.03 bits per heavy atom. The molecule has 3 aromatic carbocycles. The molecule has 4 aromatic rings. The first-order valence-electron chi connectivity index (χ1n) is 9.85. The van der Waals surface area contributed by atoms with Gasteiger partial charge in [0.05, 0.1) is 23.3 Å². The van der Waals surface area contributed by atoms with Gasteiger partial charge in [0.25, 0.3) is 0 Å². The van der Waals surface area contributed by atoms with E-state index in [-0.39, 0.29) is 18.0 Å². The Labute approximate surface area is 202 Å². The maximum absolute atomic E-state index is 12.8. The lowest BCUT2D eigenvalue weighted by Crippen LogP contribution is -2.25. The number of aliphatic hydroxyl groups excluding tert-OH is 1. The number of ether oxygens (including phenoxy) is 1. The predicted octanol–water partition coefficient (Wildman–Crippen LogP) is 5.50. The molecule has 0 saturated carbocycles. The van der Waals surface area contributed by atoms with Crippen molar-refractivity contribution >= 4 is 63.5 Å². The minimum Gasteiger partial charge on any atom is -0.491 e. The highest BCUT2D eigenvalue weighted by atomic mass is 79.9. The number of sulfone groups is 1. The van der Waals surface area contributed by atoms with Gasteiger partial charge in [0.2, 0.25) is 0 Å². The number of aromatic nitrogens is 1. The van der Waals surface area contributed by atoms with Gasteiger partial charge in [-0.15, -0.1) is 0 Å². The number of hydrogen-bond acceptors (Lipinski definition) is 4. The van der Waals surface area contributed by atoms with Crippen LogP contribution in [0.4, 0.5) is 4.39 Å². The summed E-state index contributed by atoms with van der Waals surface area (Å²) in [5, 5.41) is 12.7. The molecule has 0 saturated heterocycles. The third-order valence-electron chi connectivity index (χ3n) is 5.12. The number of nitrogens with zero attached hydrogens (tertiary/aromatic N) is 1. The number of aliphatic hydroxyl groups is 1. The molecule has 0 spiro atoms. The van der Waals surface area contributed by atoms with Crippen molar-refractivity contribution in [3.8, 4) is 5.75 Å². The molecule has 0 radical (unpaired) electrons. The third kappa shape index (κ3) is 4.85. The maximum atomic E-state index is 12.8. The fraction of sp³-hybridized carbons (Fsp3) is 0.217. The maximum Gasteiger partial charge on any atom is 0.180 e. The van der Waals surface area contributed by atoms with Crippen molar-refractivity contribution in [2.24, 2.45) is 0 Å². The van der Waals surface area contributed by atoms with Crippen LogP contribution in [0, 0.1) is 0 Å². The van der Waals surface area contributed by atoms with Gasteiger partial charge < -0.3 is 14.4 Å². The van der Waals surface area contributed by atoms with Crippen LogP contribution < -0.4 is 4.74 Å². The summed E-state index contributed by atoms with van der Waals surface area (Å²) in [6, 6.07) is 17.5. The lowest BCUT2D eigenvalue weighted by Gasteiger charge is -2.15. The summed E-state index contributed by atoms with van der Waals surface area (Å²) in [7, 11) is -3.73. The Morgan fingerprint density at radius 1 is 0.938 bits per heavy atom. The topological polar surface area (TPSA) is 68.5 Å². The van der Waals surface area contributed by atoms with E-state index in [1.807, 2.05) is 41.0 Å². The molecule has 168 valence electrons. The minimum atomic E-state index is -3.73. The Kier molecular flexibility index (Phi) is 6.90. The highest BCUT2D eigenvalue weighted by Crippen LogP contribution is 2.33. The first kappa shape index (κ1) is 23.2. The van der Waals surface area contributed by atoms with Crippen LogP contribution in [0.25, 0.3) is 21.8 Å². The average molecular weight is 585 g/mol. The van der Waals surface area contributed by atoms with Gasteiger partial charge >= 0.3 is 0 Å². The van der Waals surface area contributed by atoms with Crippen LogP contribution in [-0.4, -0.2) is 43.2 Å². The molecule has 0 amide bonds. The molecular weight excluding hydrogens is 565 g/mol. The van der Waals surface area contributed by atoms with Gasteiger partial charge in [0.15, 0.2) is 9.84 Å². The fourth-order valence-corrected chi connectivity index (χ4v) is 5.84. The van der Waals surface area contributed by atoms with E-state index < -0.39 is 28.4 Å². The van der Waals surface area contributed by atoms with Crippen molar-refractivity contribution in [3.63, 3.8) is 0 Å². The highest BCUT2D eigenvalue weighted by molar-refractivity contribution is 9.10. The Bertz CT molecular complexity index is 1310. The molecule has 1 heterocycles. The van der Waals surface area contributed by atoms with Crippen molar-refractivity contribution in [1.29, 1.82) is 0 Å². The van der Waals surface area contributed by atoms with E-state index in [0.717, 1.165) is 30.8 Å². The number of fused-ring (bicyclic) bond motifs is 3. The standard InChI is InChI=1S/C23H20Br2FNO4S/c24-15-1-7-22-20(11-15)21-12-16(25)2-8-23(21)27(22)13-17(28)14-32(29,30)19-5-3-18(4-6-19)31-10-9-26/h1-8,11-12,17,28H,9-10,13-14H2. The third-order valence-corrected chi connectivity index (χ3v) is 7.92. The summed E-state index contributed by atoms with van der Waals surface area (Å²) in [5.74, 6) is -0.0314. The van der Waals surface area contributed by atoms with E-state index in [0.29, 0.717) is 5.75 Å². The summed E-state index contributed by atoms with van der Waals surface area (Å²) < 4.78 is 46.8. The van der Waals surface area contributed by atoms with Crippen LogP contribution in [0.1, 0.15) is 0 Å². The van der Waals surface area contributed by atoms with Crippen LogP contribution in [-0.2, 0) is 16.4 Å². The second-order valence-corrected chi connectivity index (χ2v) is 11.2. The van der Waals surface area contributed by atoms with Crippen molar-refractivity contribution in [1.82, 2.24) is 4.57 Å². The normalized spacial score (nSPS) is 13.0. The molecule has 0 bridgehead atoms. The second-order valence-electron chi connectivity index (χ2n) is 7.38. The van der Waals surface area contributed by atoms with Crippen LogP contribution in [0.15, 0.2) is 74.5 Å². The van der Waals surface area contributed by atoms with Gasteiger partial charge in [-0.05, 0) is 60.7 Å². The van der Waals surface area contributed by atoms with Gasteiger partial charge in [0.1, 0.15) is 19.0 Å². The summed E-state index contributed by atoms with van der Waals surface area (Å²) in [6.07, 6.45) is -1.12. The quantitative estimate of drug-likeness (QED) is 0.297. The summed E-state index contributed by atoms with van der Waals surface area (Å²) in [4.78, 5) is 0.0826. The monoisotopic (exact) mass is 583 g/mol. The van der Waals surface area contributed by atoms with Gasteiger partial charge in [0, 0.05) is 30.8 Å². The van der Waals surface area contributed by atoms with Gasteiger partial charge in [-0.2, -0.15) is 0 Å². The molecule has 0 aliphatic carbocycles. The number of rotatable bonds is 8. The van der Waals surface area contributed by atoms with E-state index in [4.69, 9.17) is 4.74 Å². The molecule has 32 heavy (non-hydrogen) atoms. The smallest absolute Gasteiger partial charge is 0.180 e. The number of benzene rings is 3. The van der Waals surface area contributed by atoms with Crippen molar-refractivity contribution in [2.45, 2.75) is 17.5 Å². The molecular formula is C23H20Br2FNO4S. The van der Waals surface area contributed by atoms with Crippen LogP contribution in [0.3, 0.4) is 0 Å². The minimum absolute atomic E-state index is 0.0826. The van der Waals surface area contributed by atoms with Crippen LogP contribution in [0.5, 0.6) is 5.75 Å². The average Bonchev–Trinajstić information content (AvgIpc) is 3.04. The SMILES string of the molecule is O=S(=O)(CC(O)Cn1c2ccc(Br)cc2c2cc(Br)ccc21)c1ccc(OCCF)cc1. The van der Waals surface area contributed by atoms with E-state index in [2.05, 4.69) is 31.9 Å². The largest absolute Gasteiger partial charge is 0.491 e. The zero-order chi connectivity index (χ0) is 22.9. The fourth-order valence-electron chi connectivity index (χ4n) is 3.76. The summed E-state index contributed by atoms with van der Waals surface area (Å²) >= 11 is 7.01. The zero-order valence-corrected chi connectivity index (χ0v) is 20.8. The number of alkyl halides is 1. The van der Waals surface area contributed by atoms with E-state index in [1.54, 1.807) is 0 Å². The molecule has 4 rings (SSSR count). The molecule has 1 unspecified atom stereocenters. The summed E-state index contributed by atoms with van der Waals surface area (Å²) in [6.45, 7) is -0.584. The molecule has 0 aliphatic heterocycles. The molecule has 1 N–H and O–H groups in total. The van der Waals surface area contributed by atoms with Crippen molar-refractivity contribution in [2.75, 3.05) is 19.0 Å². The van der Waals surface area contributed by atoms with Crippen LogP contribution >= 0.6 is 31.9 Å². The van der Waals surface area contributed by atoms with E-state index in [9.17, 15) is 17.9 Å². The van der Waals surface area contributed by atoms with Gasteiger partial charge in [-0.1, -0.05) is 31.9 Å². The summed E-state index contributed by atoms with van der Waals surface area (Å²) in [5.41, 5.74) is 1.82. The first-order chi connectivity index (χ1) is 15.3. The molecule has 1 atom stereocenters. The molecule has 0 fully saturated rings. The second kappa shape index (κ2) is 9.51. The number of hydrogen-bond donors (Lipinski definition) is 1. The van der Waals surface area contributed by atoms with Crippen LogP contribution in [0.2, 0.25) is 0 Å². The molecule has 0 aliphatic rings. The Morgan fingerprint density at radius 2 is 1.50 bits per heavy atom. The predicted molar refractivity (Wildman–Crippen MR) is 131 cm³/mol. The Balaban J connectivity index is 1.60. The molecule has 1 aromatic heterocycles. The lowest BCUT2D eigenvalue weighted by atomic mass is 10.2. The van der Waals surface area contributed by atoms with Gasteiger partial charge in [-0.3, -0.25) is 0 Å². The van der Waals surface area contributed by atoms with E-state index >= 15 is 0 Å². The van der Waals surface area contributed by atoms with Crippen molar-refractivity contribution < 1.29 is 22.7 Å². The number of halogens is 3. The highest BCUT2D eigenvalue weighted by Gasteiger charge is 2.22. The Hall–Kier alpha value is -1.94. The van der Waals surface area contributed by atoms with E-state index in [1.165, 1.54) is 24.3 Å². The lowest BCUT2D eigenvalue weighted by molar-refractivity contribution is 0.179. The first-order valence-corrected chi connectivity index (χ1v) is 13.1. The van der Waals surface area contributed by atoms with Crippen molar-refractivity contribution in [3.05, 3.63) is 69.6 Å². The zero-order valence-electron chi connectivity index (χ0n) is 16.8. The van der Waals surface area contributed by atoms with Gasteiger partial charge in [-0.25, -0.2) is 12.8 Å². The molecule has 9 heteroatoms. The molecule has 5 nitrogen and oxygen atoms in total.